The van der Waals surface area contributed by atoms with Gasteiger partial charge in [0.1, 0.15) is 22.8 Å². The molecule has 0 saturated carbocycles. The van der Waals surface area contributed by atoms with E-state index in [2.05, 4.69) is 26.5 Å². The third-order valence-corrected chi connectivity index (χ3v) is 5.22. The van der Waals surface area contributed by atoms with Gasteiger partial charge in [0.2, 0.25) is 6.79 Å². The highest BCUT2D eigenvalue weighted by atomic mass is 16.7. The summed E-state index contributed by atoms with van der Waals surface area (Å²) in [4.78, 5) is 12.4. The van der Waals surface area contributed by atoms with Crippen LogP contribution in [0, 0.1) is 5.92 Å². The number of hydrogen-bond acceptors (Lipinski definition) is 4. The Bertz CT molecular complexity index is 759. The number of benzene rings is 1. The summed E-state index contributed by atoms with van der Waals surface area (Å²) in [6, 6.07) is 1.98. The van der Waals surface area contributed by atoms with Crippen LogP contribution in [-0.2, 0) is 11.2 Å². The molecule has 2 heterocycles. The lowest BCUT2D eigenvalue weighted by molar-refractivity contribution is 0.00383. The van der Waals surface area contributed by atoms with Crippen LogP contribution in [0.25, 0.3) is 0 Å². The van der Waals surface area contributed by atoms with Crippen LogP contribution < -0.4 is 9.47 Å². The first-order valence-electron chi connectivity index (χ1n) is 8.63. The second-order valence-electron chi connectivity index (χ2n) is 6.85. The number of fused-ring (bicyclic) bond motifs is 5. The van der Waals surface area contributed by atoms with Crippen LogP contribution in [-0.4, -0.2) is 12.8 Å². The molecule has 4 rings (SSSR count). The minimum absolute atomic E-state index is 0.0329. The van der Waals surface area contributed by atoms with E-state index in [0.29, 0.717) is 11.3 Å². The lowest BCUT2D eigenvalue weighted by Crippen LogP contribution is -2.29. The molecule has 126 valence electrons. The first-order valence-corrected chi connectivity index (χ1v) is 8.63. The van der Waals surface area contributed by atoms with Gasteiger partial charge in [-0.25, -0.2) is 4.79 Å². The maximum Gasteiger partial charge on any atom is 0.345 e. The summed E-state index contributed by atoms with van der Waals surface area (Å²) in [5.41, 5.74) is 3.85. The third-order valence-electron chi connectivity index (χ3n) is 5.22. The maximum absolute atomic E-state index is 12.4. The van der Waals surface area contributed by atoms with Crippen molar-refractivity contribution in [3.05, 3.63) is 46.7 Å². The average Bonchev–Trinajstić information content (AvgIpc) is 2.54. The quantitative estimate of drug-likeness (QED) is 0.593. The zero-order valence-corrected chi connectivity index (χ0v) is 14.2. The van der Waals surface area contributed by atoms with Gasteiger partial charge < -0.3 is 14.2 Å². The SMILES string of the molecule is C=C1Oc2cc(CCC)c3c(c2[C@@H]2C=C(C)CC[C@@H]12)OCOC3=O. The van der Waals surface area contributed by atoms with Gasteiger partial charge >= 0.3 is 5.97 Å². The summed E-state index contributed by atoms with van der Waals surface area (Å²) in [6.07, 6.45) is 6.07. The molecule has 0 spiro atoms. The smallest absolute Gasteiger partial charge is 0.345 e. The van der Waals surface area contributed by atoms with Crippen LogP contribution in [0.4, 0.5) is 0 Å². The number of ether oxygens (including phenoxy) is 3. The summed E-state index contributed by atoms with van der Waals surface area (Å²) < 4.78 is 17.0. The van der Waals surface area contributed by atoms with Crippen molar-refractivity contribution in [2.45, 2.75) is 45.4 Å². The average molecular weight is 326 g/mol. The van der Waals surface area contributed by atoms with Gasteiger partial charge in [-0.15, -0.1) is 0 Å². The number of esters is 1. The van der Waals surface area contributed by atoms with Crippen molar-refractivity contribution in [2.75, 3.05) is 6.79 Å². The van der Waals surface area contributed by atoms with Gasteiger partial charge in [0.15, 0.2) is 0 Å². The van der Waals surface area contributed by atoms with E-state index in [4.69, 9.17) is 14.2 Å². The molecular formula is C20H22O4. The van der Waals surface area contributed by atoms with Crippen molar-refractivity contribution in [1.82, 2.24) is 0 Å². The minimum atomic E-state index is -0.292. The van der Waals surface area contributed by atoms with Gasteiger partial charge in [0.25, 0.3) is 0 Å². The largest absolute Gasteiger partial charge is 0.462 e. The van der Waals surface area contributed by atoms with Gasteiger partial charge in [-0.1, -0.05) is 31.6 Å². The van der Waals surface area contributed by atoms with E-state index >= 15 is 0 Å². The highest BCUT2D eigenvalue weighted by Crippen LogP contribution is 2.53. The number of cyclic esters (lactones) is 1. The van der Waals surface area contributed by atoms with E-state index in [-0.39, 0.29) is 24.6 Å². The molecule has 24 heavy (non-hydrogen) atoms. The van der Waals surface area contributed by atoms with Crippen molar-refractivity contribution < 1.29 is 19.0 Å². The number of allylic oxidation sites excluding steroid dienone is 3. The van der Waals surface area contributed by atoms with Crippen LogP contribution in [0.15, 0.2) is 30.1 Å². The van der Waals surface area contributed by atoms with Gasteiger partial charge in [0.05, 0.1) is 0 Å². The van der Waals surface area contributed by atoms with Crippen LogP contribution in [0.2, 0.25) is 0 Å². The Morgan fingerprint density at radius 2 is 2.17 bits per heavy atom. The Morgan fingerprint density at radius 3 is 2.96 bits per heavy atom. The van der Waals surface area contributed by atoms with Gasteiger partial charge in [-0.3, -0.25) is 0 Å². The molecule has 4 heteroatoms. The molecule has 0 fully saturated rings. The monoisotopic (exact) mass is 326 g/mol. The molecule has 3 aliphatic rings. The Hall–Kier alpha value is -2.23. The lowest BCUT2D eigenvalue weighted by Gasteiger charge is -2.38. The fourth-order valence-electron chi connectivity index (χ4n) is 4.09. The predicted molar refractivity (Wildman–Crippen MR) is 90.3 cm³/mol. The fraction of sp³-hybridized carbons (Fsp3) is 0.450. The van der Waals surface area contributed by atoms with Crippen LogP contribution in [0.3, 0.4) is 0 Å². The van der Waals surface area contributed by atoms with Crippen molar-refractivity contribution in [3.63, 3.8) is 0 Å². The Labute approximate surface area is 142 Å². The van der Waals surface area contributed by atoms with Crippen molar-refractivity contribution >= 4 is 5.97 Å². The molecule has 0 unspecified atom stereocenters. The van der Waals surface area contributed by atoms with E-state index in [1.54, 1.807) is 0 Å². The molecule has 2 atom stereocenters. The topological polar surface area (TPSA) is 44.8 Å². The zero-order valence-electron chi connectivity index (χ0n) is 14.2. The second kappa shape index (κ2) is 5.69. The summed E-state index contributed by atoms with van der Waals surface area (Å²) in [5, 5.41) is 0. The van der Waals surface area contributed by atoms with E-state index in [0.717, 1.165) is 48.3 Å². The molecule has 4 nitrogen and oxygen atoms in total. The number of carbonyl (C=O) groups excluding carboxylic acids is 1. The Morgan fingerprint density at radius 1 is 1.33 bits per heavy atom. The summed E-state index contributed by atoms with van der Waals surface area (Å²) in [6.45, 7) is 8.35. The normalized spacial score (nSPS) is 24.7. The minimum Gasteiger partial charge on any atom is -0.462 e. The van der Waals surface area contributed by atoms with Gasteiger partial charge in [-0.2, -0.15) is 0 Å². The molecule has 1 aromatic rings. The fourth-order valence-corrected chi connectivity index (χ4v) is 4.09. The van der Waals surface area contributed by atoms with Gasteiger partial charge in [0, 0.05) is 17.4 Å². The van der Waals surface area contributed by atoms with Crippen LogP contribution >= 0.6 is 0 Å². The summed E-state index contributed by atoms with van der Waals surface area (Å²) >= 11 is 0. The van der Waals surface area contributed by atoms with Crippen molar-refractivity contribution in [1.29, 1.82) is 0 Å². The van der Waals surface area contributed by atoms with E-state index in [9.17, 15) is 4.79 Å². The zero-order chi connectivity index (χ0) is 16.8. The van der Waals surface area contributed by atoms with Crippen LogP contribution in [0.5, 0.6) is 11.5 Å². The maximum atomic E-state index is 12.4. The highest BCUT2D eigenvalue weighted by Gasteiger charge is 2.40. The molecule has 1 aliphatic carbocycles. The predicted octanol–water partition coefficient (Wildman–Crippen LogP) is 4.49. The molecule has 1 aromatic carbocycles. The number of aryl methyl sites for hydroxylation is 1. The first kappa shape index (κ1) is 15.3. The number of rotatable bonds is 2. The standard InChI is InChI=1S/C20H22O4/c1-4-5-13-9-16-18(19-17(13)20(21)23-10-22-19)15-8-11(2)6-7-14(15)12(3)24-16/h8-9,14-15H,3-7,10H2,1-2H3/t14-,15+/m0/s1. The molecule has 0 amide bonds. The molecule has 0 saturated heterocycles. The number of carbonyl (C=O) groups is 1. The summed E-state index contributed by atoms with van der Waals surface area (Å²) in [5.74, 6) is 2.36. The number of hydrogen-bond donors (Lipinski definition) is 0. The van der Waals surface area contributed by atoms with E-state index < -0.39 is 0 Å². The Balaban J connectivity index is 1.96. The third kappa shape index (κ3) is 2.24. The van der Waals surface area contributed by atoms with Crippen molar-refractivity contribution in [2.24, 2.45) is 5.92 Å². The van der Waals surface area contributed by atoms with Crippen LogP contribution in [0.1, 0.15) is 60.5 Å². The summed E-state index contributed by atoms with van der Waals surface area (Å²) in [7, 11) is 0. The Kier molecular flexibility index (Phi) is 3.63. The van der Waals surface area contributed by atoms with E-state index in [1.807, 2.05) is 6.07 Å². The van der Waals surface area contributed by atoms with Gasteiger partial charge in [-0.05, 0) is 37.8 Å². The van der Waals surface area contributed by atoms with Crippen molar-refractivity contribution in [3.8, 4) is 11.5 Å². The second-order valence-corrected chi connectivity index (χ2v) is 6.85. The molecule has 0 N–H and O–H groups in total. The molecule has 0 aromatic heterocycles. The van der Waals surface area contributed by atoms with E-state index in [1.165, 1.54) is 5.57 Å². The first-order chi connectivity index (χ1) is 11.6. The molecule has 2 aliphatic heterocycles. The molecular weight excluding hydrogens is 304 g/mol. The lowest BCUT2D eigenvalue weighted by atomic mass is 9.73. The molecule has 0 radical (unpaired) electrons. The highest BCUT2D eigenvalue weighted by molar-refractivity contribution is 5.96. The molecule has 0 bridgehead atoms.